The van der Waals surface area contributed by atoms with Gasteiger partial charge in [0.05, 0.1) is 18.4 Å². The minimum Gasteiger partial charge on any atom is -0.370 e. The summed E-state index contributed by atoms with van der Waals surface area (Å²) in [6.45, 7) is 2.47. The number of hydrogen-bond donors (Lipinski definition) is 1. The number of urea groups is 1. The number of hydrogen-bond acceptors (Lipinski definition) is 4. The van der Waals surface area contributed by atoms with Crippen molar-refractivity contribution in [3.8, 4) is 5.69 Å². The lowest BCUT2D eigenvalue weighted by Gasteiger charge is -2.16. The quantitative estimate of drug-likeness (QED) is 0.712. The summed E-state index contributed by atoms with van der Waals surface area (Å²) in [5, 5.41) is 7.92. The van der Waals surface area contributed by atoms with Crippen molar-refractivity contribution < 1.29 is 13.6 Å². The number of likely N-dealkylation sites (tertiary alicyclic amines) is 1. The molecule has 2 aliphatic heterocycles. The van der Waals surface area contributed by atoms with Crippen molar-refractivity contribution >= 4 is 28.4 Å². The van der Waals surface area contributed by atoms with Crippen LogP contribution in [0.4, 0.5) is 25.0 Å². The van der Waals surface area contributed by atoms with Crippen molar-refractivity contribution in [2.24, 2.45) is 0 Å². The number of carbonyl (C=O) groups is 1. The lowest BCUT2D eigenvalue weighted by molar-refractivity contribution is 0.218. The fraction of sp³-hybridized carbons (Fsp3) is 0.381. The molecule has 0 radical (unpaired) electrons. The molecule has 2 fully saturated rings. The molecule has 2 saturated heterocycles. The molecule has 9 heteroatoms. The summed E-state index contributed by atoms with van der Waals surface area (Å²) in [5.74, 6) is -0.467. The van der Waals surface area contributed by atoms with Gasteiger partial charge >= 0.3 is 6.03 Å². The molecule has 0 saturated carbocycles. The maximum Gasteiger partial charge on any atom is 0.321 e. The maximum atomic E-state index is 14.5. The molecule has 2 amide bonds. The van der Waals surface area contributed by atoms with Gasteiger partial charge in [-0.2, -0.15) is 0 Å². The Hall–Kier alpha value is -3.23. The number of aromatic nitrogens is 3. The molecule has 1 N–H and O–H groups in total. The molecule has 4 heterocycles. The van der Waals surface area contributed by atoms with E-state index >= 15 is 0 Å². The fourth-order valence-electron chi connectivity index (χ4n) is 4.05. The lowest BCUT2D eigenvalue weighted by Crippen LogP contribution is -2.33. The van der Waals surface area contributed by atoms with Crippen LogP contribution in [-0.4, -0.2) is 58.0 Å². The number of alkyl halides is 1. The van der Waals surface area contributed by atoms with Crippen LogP contribution in [0.15, 0.2) is 36.7 Å². The van der Waals surface area contributed by atoms with Gasteiger partial charge in [-0.15, -0.1) is 5.10 Å². The van der Waals surface area contributed by atoms with E-state index in [4.69, 9.17) is 0 Å². The van der Waals surface area contributed by atoms with E-state index in [0.29, 0.717) is 24.3 Å². The van der Waals surface area contributed by atoms with Crippen molar-refractivity contribution in [1.29, 1.82) is 0 Å². The number of fused-ring (bicyclic) bond motifs is 1. The Labute approximate surface area is 172 Å². The molecule has 0 unspecified atom stereocenters. The van der Waals surface area contributed by atoms with Crippen LogP contribution < -0.4 is 10.2 Å². The molecular formula is C21H22F2N6O. The average Bonchev–Trinajstić information content (AvgIpc) is 3.49. The summed E-state index contributed by atoms with van der Waals surface area (Å²) in [4.78, 5) is 20.4. The van der Waals surface area contributed by atoms with Crippen LogP contribution in [0.2, 0.25) is 0 Å². The van der Waals surface area contributed by atoms with E-state index in [1.54, 1.807) is 12.4 Å². The molecular weight excluding hydrogens is 390 g/mol. The molecule has 0 aliphatic carbocycles. The molecule has 1 atom stereocenters. The van der Waals surface area contributed by atoms with Crippen LogP contribution in [0.25, 0.3) is 16.7 Å². The van der Waals surface area contributed by atoms with E-state index in [-0.39, 0.29) is 12.2 Å². The first-order valence-electron chi connectivity index (χ1n) is 10.2. The average molecular weight is 412 g/mol. The van der Waals surface area contributed by atoms with Gasteiger partial charge in [-0.3, -0.25) is 0 Å². The highest BCUT2D eigenvalue weighted by Crippen LogP contribution is 2.25. The Bertz CT molecular complexity index is 1090. The largest absolute Gasteiger partial charge is 0.370 e. The fourth-order valence-corrected chi connectivity index (χ4v) is 4.05. The minimum absolute atomic E-state index is 0.0788. The molecule has 2 aliphatic rings. The summed E-state index contributed by atoms with van der Waals surface area (Å²) in [6.07, 6.45) is 5.23. The highest BCUT2D eigenvalue weighted by Gasteiger charge is 2.26. The van der Waals surface area contributed by atoms with Gasteiger partial charge in [0.2, 0.25) is 0 Å². The summed E-state index contributed by atoms with van der Waals surface area (Å²) in [5.41, 5.74) is 2.19. The van der Waals surface area contributed by atoms with Crippen LogP contribution in [-0.2, 0) is 0 Å². The van der Waals surface area contributed by atoms with Gasteiger partial charge in [0.1, 0.15) is 17.7 Å². The van der Waals surface area contributed by atoms with E-state index in [0.717, 1.165) is 24.2 Å². The highest BCUT2D eigenvalue weighted by atomic mass is 19.1. The third-order valence-electron chi connectivity index (χ3n) is 5.68. The van der Waals surface area contributed by atoms with Crippen molar-refractivity contribution in [1.82, 2.24) is 19.7 Å². The van der Waals surface area contributed by atoms with E-state index < -0.39 is 18.0 Å². The maximum absolute atomic E-state index is 14.5. The van der Waals surface area contributed by atoms with Crippen LogP contribution in [0.1, 0.15) is 19.3 Å². The molecule has 2 aromatic heterocycles. The molecule has 1 aromatic carbocycles. The minimum atomic E-state index is -0.992. The van der Waals surface area contributed by atoms with Gasteiger partial charge in [0.25, 0.3) is 0 Å². The first-order valence-corrected chi connectivity index (χ1v) is 10.2. The monoisotopic (exact) mass is 412 g/mol. The number of rotatable bonds is 3. The van der Waals surface area contributed by atoms with Gasteiger partial charge in [0, 0.05) is 36.9 Å². The zero-order chi connectivity index (χ0) is 20.7. The van der Waals surface area contributed by atoms with Crippen LogP contribution >= 0.6 is 0 Å². The zero-order valence-corrected chi connectivity index (χ0v) is 16.4. The SMILES string of the molecule is O=C(Nc1ccc(F)c(-n2cc3cc(N4CCCC4)cnc3n2)c1)N1CC[C@@H](F)C1. The van der Waals surface area contributed by atoms with E-state index in [1.165, 1.54) is 40.6 Å². The van der Waals surface area contributed by atoms with Gasteiger partial charge in [0.15, 0.2) is 5.65 Å². The first-order chi connectivity index (χ1) is 14.6. The third-order valence-corrected chi connectivity index (χ3v) is 5.68. The topological polar surface area (TPSA) is 66.3 Å². The molecule has 7 nitrogen and oxygen atoms in total. The number of amides is 2. The molecule has 3 aromatic rings. The molecule has 30 heavy (non-hydrogen) atoms. The van der Waals surface area contributed by atoms with Gasteiger partial charge in [-0.25, -0.2) is 23.2 Å². The third kappa shape index (κ3) is 3.55. The van der Waals surface area contributed by atoms with Gasteiger partial charge in [-0.05, 0) is 43.5 Å². The van der Waals surface area contributed by atoms with E-state index in [9.17, 15) is 13.6 Å². The molecule has 0 spiro atoms. The number of carbonyl (C=O) groups excluding carboxylic acids is 1. The number of benzene rings is 1. The first kappa shape index (κ1) is 18.8. The Morgan fingerprint density at radius 2 is 2.00 bits per heavy atom. The number of anilines is 2. The Morgan fingerprint density at radius 1 is 1.17 bits per heavy atom. The second kappa shape index (κ2) is 7.55. The standard InChI is InChI=1S/C21H22F2N6O/c22-15-5-8-28(13-15)21(30)25-16-3-4-18(23)19(10-16)29-12-14-9-17(11-24-20(14)26-29)27-6-1-2-7-27/h3-4,9-12,15H,1-2,5-8,13H2,(H,25,30)/t15-/m1/s1. The number of nitrogens with zero attached hydrogens (tertiary/aromatic N) is 5. The van der Waals surface area contributed by atoms with Crippen LogP contribution in [0.3, 0.4) is 0 Å². The molecule has 156 valence electrons. The van der Waals surface area contributed by atoms with Gasteiger partial charge < -0.3 is 15.1 Å². The Balaban J connectivity index is 1.41. The number of halogens is 2. The second-order valence-electron chi connectivity index (χ2n) is 7.80. The summed E-state index contributed by atoms with van der Waals surface area (Å²) in [7, 11) is 0. The predicted molar refractivity (Wildman–Crippen MR) is 110 cm³/mol. The zero-order valence-electron chi connectivity index (χ0n) is 16.4. The Kier molecular flexibility index (Phi) is 4.72. The second-order valence-corrected chi connectivity index (χ2v) is 7.80. The number of pyridine rings is 1. The highest BCUT2D eigenvalue weighted by molar-refractivity contribution is 5.90. The smallest absolute Gasteiger partial charge is 0.321 e. The number of nitrogens with one attached hydrogen (secondary N) is 1. The van der Waals surface area contributed by atoms with Crippen molar-refractivity contribution in [3.05, 3.63) is 42.5 Å². The van der Waals surface area contributed by atoms with Crippen molar-refractivity contribution in [2.75, 3.05) is 36.4 Å². The van der Waals surface area contributed by atoms with E-state index in [1.807, 2.05) is 6.07 Å². The summed E-state index contributed by atoms with van der Waals surface area (Å²) >= 11 is 0. The molecule has 0 bridgehead atoms. The lowest BCUT2D eigenvalue weighted by atomic mass is 10.2. The normalized spacial score (nSPS) is 19.1. The molecule has 5 rings (SSSR count). The summed E-state index contributed by atoms with van der Waals surface area (Å²) in [6, 6.07) is 5.90. The van der Waals surface area contributed by atoms with Crippen LogP contribution in [0, 0.1) is 5.82 Å². The van der Waals surface area contributed by atoms with Gasteiger partial charge in [-0.1, -0.05) is 0 Å². The van der Waals surface area contributed by atoms with E-state index in [2.05, 4.69) is 20.3 Å². The van der Waals surface area contributed by atoms with Crippen molar-refractivity contribution in [3.63, 3.8) is 0 Å². The van der Waals surface area contributed by atoms with Crippen molar-refractivity contribution in [2.45, 2.75) is 25.4 Å². The van der Waals surface area contributed by atoms with Crippen LogP contribution in [0.5, 0.6) is 0 Å². The summed E-state index contributed by atoms with van der Waals surface area (Å²) < 4.78 is 29.3. The Morgan fingerprint density at radius 3 is 2.77 bits per heavy atom. The predicted octanol–water partition coefficient (Wildman–Crippen LogP) is 3.74.